The minimum atomic E-state index is -2.16. The maximum Gasteiger partial charge on any atom is 0.148 e. The zero-order chi connectivity index (χ0) is 40.8. The number of phenols is 1. The standard InChI is InChI=1S/C51H46N3O.Pt/c1-33(2)27-38-31-42(23-24-43(38)36-13-8-7-9-14-36)54-47-17-12-16-44(49(47)53-50(54)45-15-10-11-18-48(45)55)39-28-40(30-41(29-39)51(4,5)6)46-32-37(25-26-52-46)35-21-19-34(3)20-22-35;/h7-26,29-33,55H,27H2,1-6H3;/q-1;/i3D3;. The number of hydrogen-bond donors (Lipinski definition) is 1. The Balaban J connectivity index is 0.00000528. The van der Waals surface area contributed by atoms with E-state index in [1.165, 1.54) is 16.7 Å². The van der Waals surface area contributed by atoms with Crippen molar-refractivity contribution in [2.45, 2.75) is 53.3 Å². The largest absolute Gasteiger partial charge is 0.507 e. The van der Waals surface area contributed by atoms with Gasteiger partial charge in [0.1, 0.15) is 11.6 Å². The normalized spacial score (nSPS) is 12.6. The summed E-state index contributed by atoms with van der Waals surface area (Å²) in [5, 5.41) is 11.3. The Morgan fingerprint density at radius 1 is 0.714 bits per heavy atom. The average Bonchev–Trinajstić information content (AvgIpc) is 3.60. The molecule has 0 saturated carbocycles. The monoisotopic (exact) mass is 914 g/mol. The van der Waals surface area contributed by atoms with E-state index in [1.54, 1.807) is 24.4 Å². The third-order valence-electron chi connectivity index (χ3n) is 10.2. The van der Waals surface area contributed by atoms with E-state index in [-0.39, 0.29) is 32.2 Å². The van der Waals surface area contributed by atoms with E-state index in [0.29, 0.717) is 22.9 Å². The number of para-hydroxylation sites is 2. The number of phenolic OH excluding ortho intramolecular Hbond substituents is 1. The fourth-order valence-electron chi connectivity index (χ4n) is 7.35. The minimum absolute atomic E-state index is 0. The summed E-state index contributed by atoms with van der Waals surface area (Å²) >= 11 is 0. The van der Waals surface area contributed by atoms with Gasteiger partial charge in [-0.05, 0) is 88.8 Å². The van der Waals surface area contributed by atoms with Gasteiger partial charge in [-0.15, -0.1) is 29.3 Å². The van der Waals surface area contributed by atoms with Crippen molar-refractivity contribution < 1.29 is 30.3 Å². The van der Waals surface area contributed by atoms with Crippen LogP contribution in [0.15, 0.2) is 146 Å². The topological polar surface area (TPSA) is 50.9 Å². The molecule has 0 amide bonds. The SMILES string of the molecule is [2H]C([2H])([2H])c1ccc(-c2ccnc(-c3[c-]c(-c4cccc5c4nc(-c4ccccc4O)n5-c4ccc(-c5ccccc5)c(CC(C)C)c4)cc(C(C)(C)C)c3)c2)cc1.[Pt]. The van der Waals surface area contributed by atoms with Gasteiger partial charge in [0.2, 0.25) is 0 Å². The van der Waals surface area contributed by atoms with E-state index in [2.05, 4.69) is 118 Å². The molecule has 56 heavy (non-hydrogen) atoms. The molecule has 0 aliphatic carbocycles. The van der Waals surface area contributed by atoms with Crippen molar-refractivity contribution in [3.63, 3.8) is 0 Å². The molecule has 5 heteroatoms. The first-order valence-electron chi connectivity index (χ1n) is 20.4. The van der Waals surface area contributed by atoms with Crippen LogP contribution in [0.25, 0.3) is 72.7 Å². The number of aromatic nitrogens is 3. The number of aromatic hydroxyl groups is 1. The molecule has 282 valence electrons. The number of fused-ring (bicyclic) bond motifs is 1. The van der Waals surface area contributed by atoms with Crippen molar-refractivity contribution in [1.82, 2.24) is 14.5 Å². The van der Waals surface area contributed by atoms with E-state index < -0.39 is 6.85 Å². The van der Waals surface area contributed by atoms with Crippen LogP contribution in [0.5, 0.6) is 5.75 Å². The van der Waals surface area contributed by atoms with Gasteiger partial charge in [0.05, 0.1) is 16.6 Å². The number of pyridine rings is 1. The van der Waals surface area contributed by atoms with Gasteiger partial charge in [0.25, 0.3) is 0 Å². The van der Waals surface area contributed by atoms with E-state index in [0.717, 1.165) is 62.2 Å². The maximum atomic E-state index is 11.3. The summed E-state index contributed by atoms with van der Waals surface area (Å²) in [6.07, 6.45) is 2.69. The van der Waals surface area contributed by atoms with Crippen molar-refractivity contribution in [2.75, 3.05) is 0 Å². The first kappa shape index (κ1) is 34.9. The van der Waals surface area contributed by atoms with Crippen molar-refractivity contribution in [1.29, 1.82) is 0 Å². The number of benzene rings is 6. The summed E-state index contributed by atoms with van der Waals surface area (Å²) in [6.45, 7) is 8.93. The van der Waals surface area contributed by atoms with Crippen molar-refractivity contribution >= 4 is 11.0 Å². The van der Waals surface area contributed by atoms with Crippen LogP contribution in [0.1, 0.15) is 55.4 Å². The summed E-state index contributed by atoms with van der Waals surface area (Å²) in [5.74, 6) is 1.25. The Labute approximate surface area is 349 Å². The van der Waals surface area contributed by atoms with Crippen LogP contribution in [0, 0.1) is 18.8 Å². The van der Waals surface area contributed by atoms with Gasteiger partial charge < -0.3 is 5.11 Å². The molecule has 4 nitrogen and oxygen atoms in total. The molecule has 0 bridgehead atoms. The van der Waals surface area contributed by atoms with Crippen molar-refractivity contribution in [3.05, 3.63) is 168 Å². The Kier molecular flexibility index (Phi) is 9.90. The molecule has 0 aliphatic heterocycles. The summed E-state index contributed by atoms with van der Waals surface area (Å²) < 4.78 is 25.5. The molecule has 0 aliphatic rings. The molecule has 1 N–H and O–H groups in total. The van der Waals surface area contributed by atoms with Crippen LogP contribution in [0.2, 0.25) is 0 Å². The molecule has 0 radical (unpaired) electrons. The Hall–Kier alpha value is -5.57. The summed E-state index contributed by atoms with van der Waals surface area (Å²) in [5.41, 5.74) is 13.4. The van der Waals surface area contributed by atoms with Gasteiger partial charge in [-0.25, -0.2) is 4.98 Å². The van der Waals surface area contributed by atoms with Gasteiger partial charge in [0.15, 0.2) is 0 Å². The van der Waals surface area contributed by atoms with Crippen LogP contribution in [-0.2, 0) is 32.9 Å². The van der Waals surface area contributed by atoms with Crippen LogP contribution >= 0.6 is 0 Å². The molecular weight excluding hydrogens is 866 g/mol. The maximum absolute atomic E-state index is 11.3. The average molecular weight is 915 g/mol. The number of aryl methyl sites for hydroxylation is 1. The van der Waals surface area contributed by atoms with E-state index >= 15 is 0 Å². The molecule has 8 rings (SSSR count). The van der Waals surface area contributed by atoms with E-state index in [9.17, 15) is 5.11 Å². The summed E-state index contributed by atoms with van der Waals surface area (Å²) in [7, 11) is 0. The summed E-state index contributed by atoms with van der Waals surface area (Å²) in [4.78, 5) is 10.2. The van der Waals surface area contributed by atoms with Crippen molar-refractivity contribution in [3.8, 4) is 67.5 Å². The first-order chi connectivity index (χ1) is 27.7. The van der Waals surface area contributed by atoms with Gasteiger partial charge in [-0.1, -0.05) is 142 Å². The van der Waals surface area contributed by atoms with Crippen LogP contribution < -0.4 is 0 Å². The quantitative estimate of drug-likeness (QED) is 0.155. The molecule has 0 atom stereocenters. The number of nitrogens with zero attached hydrogens (tertiary/aromatic N) is 3. The molecule has 0 saturated heterocycles. The molecule has 0 unspecified atom stereocenters. The smallest absolute Gasteiger partial charge is 0.148 e. The first-order valence-corrected chi connectivity index (χ1v) is 18.9. The number of hydrogen-bond acceptors (Lipinski definition) is 3. The van der Waals surface area contributed by atoms with Gasteiger partial charge in [0, 0.05) is 42.8 Å². The molecule has 8 aromatic rings. The van der Waals surface area contributed by atoms with Crippen LogP contribution in [-0.4, -0.2) is 19.6 Å². The predicted octanol–water partition coefficient (Wildman–Crippen LogP) is 13.1. The Bertz CT molecular complexity index is 2770. The third-order valence-corrected chi connectivity index (χ3v) is 10.2. The molecule has 6 aromatic carbocycles. The molecule has 0 fully saturated rings. The minimum Gasteiger partial charge on any atom is -0.507 e. The van der Waals surface area contributed by atoms with E-state index in [1.807, 2.05) is 48.5 Å². The fraction of sp³-hybridized carbons (Fsp3) is 0.176. The Morgan fingerprint density at radius 3 is 2.18 bits per heavy atom. The second-order valence-electron chi connectivity index (χ2n) is 15.7. The molecule has 2 aromatic heterocycles. The Morgan fingerprint density at radius 2 is 1.45 bits per heavy atom. The van der Waals surface area contributed by atoms with Gasteiger partial charge in [-0.3, -0.25) is 9.55 Å². The second kappa shape index (κ2) is 15.9. The molecule has 2 heterocycles. The second-order valence-corrected chi connectivity index (χ2v) is 15.7. The number of imidazole rings is 1. The van der Waals surface area contributed by atoms with E-state index in [4.69, 9.17) is 14.1 Å². The van der Waals surface area contributed by atoms with Crippen molar-refractivity contribution in [2.24, 2.45) is 5.92 Å². The predicted molar refractivity (Wildman–Crippen MR) is 229 cm³/mol. The number of rotatable bonds is 8. The third kappa shape index (κ3) is 7.77. The summed E-state index contributed by atoms with van der Waals surface area (Å²) in [6, 6.07) is 49.9. The zero-order valence-corrected chi connectivity index (χ0v) is 34.5. The fourth-order valence-corrected chi connectivity index (χ4v) is 7.35. The zero-order valence-electron chi connectivity index (χ0n) is 35.2. The molecule has 0 spiro atoms. The van der Waals surface area contributed by atoms with Gasteiger partial charge in [-0.2, -0.15) is 0 Å². The van der Waals surface area contributed by atoms with Gasteiger partial charge >= 0.3 is 0 Å². The van der Waals surface area contributed by atoms with Crippen LogP contribution in [0.4, 0.5) is 0 Å². The molecular formula is C51H46N3OPt-. The van der Waals surface area contributed by atoms with Crippen LogP contribution in [0.3, 0.4) is 0 Å².